The fraction of sp³-hybridized carbons (Fsp3) is 0.733. The van der Waals surface area contributed by atoms with Crippen LogP contribution in [0.1, 0.15) is 45.8 Å². The summed E-state index contributed by atoms with van der Waals surface area (Å²) in [7, 11) is 0. The molecular formula is C15H25N3O3. The molecule has 118 valence electrons. The van der Waals surface area contributed by atoms with Crippen LogP contribution in [0.15, 0.2) is 12.4 Å². The Morgan fingerprint density at radius 3 is 2.86 bits per heavy atom. The van der Waals surface area contributed by atoms with Gasteiger partial charge in [0.15, 0.2) is 0 Å². The van der Waals surface area contributed by atoms with Gasteiger partial charge in [-0.25, -0.2) is 4.79 Å². The van der Waals surface area contributed by atoms with E-state index in [1.165, 1.54) is 0 Å². The second-order valence-corrected chi connectivity index (χ2v) is 6.55. The van der Waals surface area contributed by atoms with Gasteiger partial charge in [-0.3, -0.25) is 4.68 Å². The standard InChI is InChI=1S/C15H25N3O3/c1-5-18-10-12(8-16-18)13(19)11-6-7-17(9-11)14(20)21-15(2,3)4/h8,10-11,13,19H,5-7,9H2,1-4H3. The van der Waals surface area contributed by atoms with Gasteiger partial charge in [-0.05, 0) is 34.1 Å². The third-order valence-corrected chi connectivity index (χ3v) is 3.64. The van der Waals surface area contributed by atoms with Gasteiger partial charge < -0.3 is 14.7 Å². The second kappa shape index (κ2) is 6.05. The quantitative estimate of drug-likeness (QED) is 0.928. The molecule has 2 unspecified atom stereocenters. The molecule has 1 aromatic rings. The number of aryl methyl sites for hydroxylation is 1. The Morgan fingerprint density at radius 1 is 1.57 bits per heavy atom. The maximum absolute atomic E-state index is 12.0. The summed E-state index contributed by atoms with van der Waals surface area (Å²) in [5.41, 5.74) is 0.323. The molecule has 0 aliphatic carbocycles. The van der Waals surface area contributed by atoms with Crippen molar-refractivity contribution in [3.63, 3.8) is 0 Å². The Morgan fingerprint density at radius 2 is 2.29 bits per heavy atom. The van der Waals surface area contributed by atoms with E-state index in [4.69, 9.17) is 4.74 Å². The van der Waals surface area contributed by atoms with Crippen LogP contribution in [0.25, 0.3) is 0 Å². The molecule has 21 heavy (non-hydrogen) atoms. The van der Waals surface area contributed by atoms with Crippen molar-refractivity contribution < 1.29 is 14.6 Å². The molecule has 1 fully saturated rings. The van der Waals surface area contributed by atoms with Gasteiger partial charge in [-0.1, -0.05) is 0 Å². The summed E-state index contributed by atoms with van der Waals surface area (Å²) in [5.74, 6) is 0.0343. The van der Waals surface area contributed by atoms with Crippen molar-refractivity contribution in [3.8, 4) is 0 Å². The predicted octanol–water partition coefficient (Wildman–Crippen LogP) is 2.19. The molecule has 1 aliphatic rings. The third-order valence-electron chi connectivity index (χ3n) is 3.64. The lowest BCUT2D eigenvalue weighted by molar-refractivity contribution is 0.0268. The third kappa shape index (κ3) is 3.97. The Labute approximate surface area is 125 Å². The molecule has 0 spiro atoms. The molecule has 6 heteroatoms. The number of aliphatic hydroxyl groups excluding tert-OH is 1. The average molecular weight is 295 g/mol. The summed E-state index contributed by atoms with van der Waals surface area (Å²) in [4.78, 5) is 13.7. The highest BCUT2D eigenvalue weighted by Gasteiger charge is 2.34. The SMILES string of the molecule is CCn1cc(C(O)C2CCN(C(=O)OC(C)(C)C)C2)cn1. The number of amides is 1. The molecule has 0 bridgehead atoms. The molecule has 0 aromatic carbocycles. The van der Waals surface area contributed by atoms with E-state index in [0.29, 0.717) is 13.1 Å². The van der Waals surface area contributed by atoms with E-state index in [0.717, 1.165) is 18.5 Å². The van der Waals surface area contributed by atoms with Crippen molar-refractivity contribution in [3.05, 3.63) is 18.0 Å². The van der Waals surface area contributed by atoms with Crippen LogP contribution < -0.4 is 0 Å². The van der Waals surface area contributed by atoms with Crippen LogP contribution in [-0.4, -0.2) is 44.6 Å². The molecule has 2 atom stereocenters. The van der Waals surface area contributed by atoms with E-state index in [9.17, 15) is 9.90 Å². The van der Waals surface area contributed by atoms with Crippen LogP contribution in [0.5, 0.6) is 0 Å². The van der Waals surface area contributed by atoms with Crippen LogP contribution in [0.3, 0.4) is 0 Å². The summed E-state index contributed by atoms with van der Waals surface area (Å²) in [5, 5.41) is 14.6. The number of nitrogens with zero attached hydrogens (tertiary/aromatic N) is 3. The van der Waals surface area contributed by atoms with Crippen LogP contribution in [0.4, 0.5) is 4.79 Å². The Bertz CT molecular complexity index is 493. The molecule has 0 radical (unpaired) electrons. The molecule has 0 saturated carbocycles. The number of hydrogen-bond donors (Lipinski definition) is 1. The summed E-state index contributed by atoms with van der Waals surface area (Å²) in [6, 6.07) is 0. The van der Waals surface area contributed by atoms with Crippen molar-refractivity contribution in [1.82, 2.24) is 14.7 Å². The fourth-order valence-corrected chi connectivity index (χ4v) is 2.51. The number of carbonyl (C=O) groups is 1. The average Bonchev–Trinajstić information content (AvgIpc) is 3.05. The van der Waals surface area contributed by atoms with Crippen LogP contribution in [0.2, 0.25) is 0 Å². The zero-order valence-corrected chi connectivity index (χ0v) is 13.2. The van der Waals surface area contributed by atoms with Gasteiger partial charge in [0.25, 0.3) is 0 Å². The fourth-order valence-electron chi connectivity index (χ4n) is 2.51. The van der Waals surface area contributed by atoms with E-state index in [1.807, 2.05) is 33.9 Å². The van der Waals surface area contributed by atoms with Crippen LogP contribution in [0, 0.1) is 5.92 Å². The zero-order chi connectivity index (χ0) is 15.6. The molecule has 1 saturated heterocycles. The number of aromatic nitrogens is 2. The maximum atomic E-state index is 12.0. The lowest BCUT2D eigenvalue weighted by atomic mass is 9.97. The minimum absolute atomic E-state index is 0.0343. The van der Waals surface area contributed by atoms with E-state index in [1.54, 1.807) is 15.8 Å². The minimum atomic E-state index is -0.585. The number of carbonyl (C=O) groups excluding carboxylic acids is 1. The molecule has 1 amide bonds. The van der Waals surface area contributed by atoms with Gasteiger partial charge in [0.05, 0.1) is 12.3 Å². The molecule has 1 aliphatic heterocycles. The van der Waals surface area contributed by atoms with Crippen LogP contribution >= 0.6 is 0 Å². The molecule has 2 rings (SSSR count). The Hall–Kier alpha value is -1.56. The van der Waals surface area contributed by atoms with E-state index in [2.05, 4.69) is 5.10 Å². The first-order valence-corrected chi connectivity index (χ1v) is 7.48. The zero-order valence-electron chi connectivity index (χ0n) is 13.2. The van der Waals surface area contributed by atoms with Gasteiger partial charge in [-0.2, -0.15) is 5.10 Å². The summed E-state index contributed by atoms with van der Waals surface area (Å²) in [6.07, 6.45) is 3.45. The highest BCUT2D eigenvalue weighted by Crippen LogP contribution is 2.30. The summed E-state index contributed by atoms with van der Waals surface area (Å²) < 4.78 is 7.16. The molecule has 2 heterocycles. The first kappa shape index (κ1) is 15.8. The normalized spacial score (nSPS) is 20.6. The first-order valence-electron chi connectivity index (χ1n) is 7.48. The highest BCUT2D eigenvalue weighted by molar-refractivity contribution is 5.68. The van der Waals surface area contributed by atoms with Gasteiger partial charge in [0, 0.05) is 37.3 Å². The second-order valence-electron chi connectivity index (χ2n) is 6.55. The number of hydrogen-bond acceptors (Lipinski definition) is 4. The van der Waals surface area contributed by atoms with Crippen molar-refractivity contribution in [2.24, 2.45) is 5.92 Å². The lowest BCUT2D eigenvalue weighted by Crippen LogP contribution is -2.35. The van der Waals surface area contributed by atoms with Crippen molar-refractivity contribution in [2.75, 3.05) is 13.1 Å². The predicted molar refractivity (Wildman–Crippen MR) is 78.8 cm³/mol. The number of aliphatic hydroxyl groups is 1. The lowest BCUT2D eigenvalue weighted by Gasteiger charge is -2.25. The van der Waals surface area contributed by atoms with Gasteiger partial charge in [-0.15, -0.1) is 0 Å². The number of rotatable bonds is 3. The van der Waals surface area contributed by atoms with E-state index < -0.39 is 11.7 Å². The smallest absolute Gasteiger partial charge is 0.410 e. The molecule has 1 N–H and O–H groups in total. The minimum Gasteiger partial charge on any atom is -0.444 e. The topological polar surface area (TPSA) is 67.6 Å². The van der Waals surface area contributed by atoms with Gasteiger partial charge >= 0.3 is 6.09 Å². The van der Waals surface area contributed by atoms with Gasteiger partial charge in [0.2, 0.25) is 0 Å². The maximum Gasteiger partial charge on any atom is 0.410 e. The highest BCUT2D eigenvalue weighted by atomic mass is 16.6. The van der Waals surface area contributed by atoms with Gasteiger partial charge in [0.1, 0.15) is 5.60 Å². The summed E-state index contributed by atoms with van der Waals surface area (Å²) >= 11 is 0. The first-order chi connectivity index (χ1) is 9.80. The van der Waals surface area contributed by atoms with Crippen molar-refractivity contribution >= 4 is 6.09 Å². The summed E-state index contributed by atoms with van der Waals surface area (Å²) in [6.45, 7) is 9.49. The number of ether oxygens (including phenoxy) is 1. The Kier molecular flexibility index (Phi) is 4.56. The monoisotopic (exact) mass is 295 g/mol. The largest absolute Gasteiger partial charge is 0.444 e. The Balaban J connectivity index is 1.94. The molecule has 6 nitrogen and oxygen atoms in total. The van der Waals surface area contributed by atoms with Crippen molar-refractivity contribution in [2.45, 2.75) is 52.4 Å². The van der Waals surface area contributed by atoms with Crippen molar-refractivity contribution in [1.29, 1.82) is 0 Å². The van der Waals surface area contributed by atoms with E-state index >= 15 is 0 Å². The van der Waals surface area contributed by atoms with Crippen LogP contribution in [-0.2, 0) is 11.3 Å². The molecular weight excluding hydrogens is 270 g/mol. The number of likely N-dealkylation sites (tertiary alicyclic amines) is 1. The molecule has 1 aromatic heterocycles. The van der Waals surface area contributed by atoms with E-state index in [-0.39, 0.29) is 12.0 Å².